The molecule has 9 nitrogen and oxygen atoms in total. The Morgan fingerprint density at radius 3 is 2.90 bits per heavy atom. The summed E-state index contributed by atoms with van der Waals surface area (Å²) in [5.41, 5.74) is 2.45. The van der Waals surface area contributed by atoms with Crippen LogP contribution in [0.15, 0.2) is 35.1 Å². The number of hydrogen-bond acceptors (Lipinski definition) is 6. The van der Waals surface area contributed by atoms with Crippen molar-refractivity contribution in [1.29, 1.82) is 0 Å². The molecule has 1 N–H and O–H groups in total. The minimum absolute atomic E-state index is 0.0706. The number of H-pyrrole nitrogens is 1. The van der Waals surface area contributed by atoms with Crippen LogP contribution < -0.4 is 0 Å². The molecule has 4 aromatic heterocycles. The van der Waals surface area contributed by atoms with Gasteiger partial charge in [-0.1, -0.05) is 20.8 Å². The van der Waals surface area contributed by atoms with Crippen LogP contribution >= 0.6 is 0 Å². The first-order valence-electron chi connectivity index (χ1n) is 9.63. The Morgan fingerprint density at radius 2 is 2.13 bits per heavy atom. The van der Waals surface area contributed by atoms with E-state index in [1.165, 1.54) is 12.1 Å². The Balaban J connectivity index is 1.58. The Morgan fingerprint density at radius 1 is 1.30 bits per heavy atom. The van der Waals surface area contributed by atoms with E-state index in [0.29, 0.717) is 35.8 Å². The number of aromatic nitrogens is 6. The van der Waals surface area contributed by atoms with Crippen molar-refractivity contribution >= 4 is 11.4 Å². The van der Waals surface area contributed by atoms with Gasteiger partial charge in [-0.15, -0.1) is 10.2 Å². The highest BCUT2D eigenvalue weighted by Crippen LogP contribution is 2.34. The standard InChI is InChI=1S/C20H20FN7O2/c1-20(2,3)19-25-24-17(30-19)18(29)27-6-5-13-15(23-10-22-13)16(27)14-9-12-8-11(21)4-7-28(12)26-14/h4,7-10,16H,5-6H2,1-3H3,(H,22,23). The molecule has 154 valence electrons. The van der Waals surface area contributed by atoms with Crippen LogP contribution in [-0.4, -0.2) is 47.1 Å². The normalized spacial score (nSPS) is 16.8. The Kier molecular flexibility index (Phi) is 3.99. The summed E-state index contributed by atoms with van der Waals surface area (Å²) in [6.45, 7) is 6.23. The summed E-state index contributed by atoms with van der Waals surface area (Å²) in [5.74, 6) is -0.423. The highest BCUT2D eigenvalue weighted by molar-refractivity contribution is 5.90. The molecule has 1 amide bonds. The molecule has 0 fully saturated rings. The van der Waals surface area contributed by atoms with Crippen molar-refractivity contribution in [2.45, 2.75) is 38.6 Å². The summed E-state index contributed by atoms with van der Waals surface area (Å²) >= 11 is 0. The number of hydrogen-bond donors (Lipinski definition) is 1. The van der Waals surface area contributed by atoms with E-state index in [0.717, 1.165) is 5.69 Å². The first-order chi connectivity index (χ1) is 14.3. The van der Waals surface area contributed by atoms with Crippen LogP contribution in [0.25, 0.3) is 5.52 Å². The molecule has 10 heteroatoms. The lowest BCUT2D eigenvalue weighted by molar-refractivity contribution is 0.0642. The second-order valence-corrected chi connectivity index (χ2v) is 8.36. The van der Waals surface area contributed by atoms with Crippen LogP contribution in [0.2, 0.25) is 0 Å². The van der Waals surface area contributed by atoms with E-state index >= 15 is 0 Å². The summed E-state index contributed by atoms with van der Waals surface area (Å²) in [4.78, 5) is 22.5. The number of fused-ring (bicyclic) bond motifs is 2. The van der Waals surface area contributed by atoms with Crippen LogP contribution in [0, 0.1) is 5.82 Å². The van der Waals surface area contributed by atoms with Gasteiger partial charge >= 0.3 is 11.8 Å². The fourth-order valence-electron chi connectivity index (χ4n) is 3.65. The molecule has 0 saturated heterocycles. The third-order valence-corrected chi connectivity index (χ3v) is 5.16. The second kappa shape index (κ2) is 6.48. The van der Waals surface area contributed by atoms with Crippen LogP contribution in [0.4, 0.5) is 4.39 Å². The molecule has 4 aromatic rings. The monoisotopic (exact) mass is 409 g/mol. The number of nitrogens with one attached hydrogen (secondary N) is 1. The molecular formula is C20H20FN7O2. The number of halogens is 1. The van der Waals surface area contributed by atoms with Gasteiger partial charge in [0.05, 0.1) is 23.2 Å². The minimum atomic E-state index is -0.555. The number of carbonyl (C=O) groups excluding carboxylic acids is 1. The Labute approximate surface area is 170 Å². The highest BCUT2D eigenvalue weighted by atomic mass is 19.1. The van der Waals surface area contributed by atoms with Crippen molar-refractivity contribution in [3.8, 4) is 0 Å². The number of aromatic amines is 1. The van der Waals surface area contributed by atoms with Gasteiger partial charge in [0.25, 0.3) is 0 Å². The average molecular weight is 409 g/mol. The maximum absolute atomic E-state index is 13.7. The fourth-order valence-corrected chi connectivity index (χ4v) is 3.65. The summed E-state index contributed by atoms with van der Waals surface area (Å²) < 4.78 is 20.9. The maximum Gasteiger partial charge on any atom is 0.312 e. The van der Waals surface area contributed by atoms with Crippen molar-refractivity contribution in [2.24, 2.45) is 0 Å². The molecular weight excluding hydrogens is 389 g/mol. The molecule has 1 unspecified atom stereocenters. The lowest BCUT2D eigenvalue weighted by Crippen LogP contribution is -2.41. The molecule has 5 rings (SSSR count). The zero-order valence-corrected chi connectivity index (χ0v) is 16.8. The van der Waals surface area contributed by atoms with E-state index in [1.807, 2.05) is 20.8 Å². The molecule has 0 aliphatic carbocycles. The Hall–Kier alpha value is -3.56. The van der Waals surface area contributed by atoms with E-state index in [-0.39, 0.29) is 23.0 Å². The zero-order chi connectivity index (χ0) is 21.0. The van der Waals surface area contributed by atoms with Crippen molar-refractivity contribution < 1.29 is 13.6 Å². The van der Waals surface area contributed by atoms with Gasteiger partial charge in [0.1, 0.15) is 11.9 Å². The minimum Gasteiger partial charge on any atom is -0.416 e. The van der Waals surface area contributed by atoms with Gasteiger partial charge in [-0.05, 0) is 18.2 Å². The molecule has 0 saturated carbocycles. The third kappa shape index (κ3) is 2.95. The topological polar surface area (TPSA) is 105 Å². The predicted molar refractivity (Wildman–Crippen MR) is 103 cm³/mol. The molecule has 0 radical (unpaired) electrons. The van der Waals surface area contributed by atoms with E-state index in [1.54, 1.807) is 28.0 Å². The van der Waals surface area contributed by atoms with Gasteiger partial charge in [-0.3, -0.25) is 4.79 Å². The number of pyridine rings is 1. The van der Waals surface area contributed by atoms with Crippen LogP contribution in [0.5, 0.6) is 0 Å². The van der Waals surface area contributed by atoms with Gasteiger partial charge in [-0.25, -0.2) is 13.9 Å². The summed E-state index contributed by atoms with van der Waals surface area (Å²) in [6, 6.07) is 3.93. The largest absolute Gasteiger partial charge is 0.416 e. The van der Waals surface area contributed by atoms with E-state index in [2.05, 4.69) is 25.3 Å². The first kappa shape index (κ1) is 18.5. The SMILES string of the molecule is CC(C)(C)c1nnc(C(=O)N2CCc3[nH]cnc3C2c2cc3cc(F)ccn3n2)o1. The molecule has 0 aromatic carbocycles. The van der Waals surface area contributed by atoms with Crippen molar-refractivity contribution in [1.82, 2.24) is 34.7 Å². The smallest absolute Gasteiger partial charge is 0.312 e. The van der Waals surface area contributed by atoms with Gasteiger partial charge in [0, 0.05) is 30.3 Å². The maximum atomic E-state index is 13.7. The molecule has 5 heterocycles. The number of rotatable bonds is 2. The molecule has 0 spiro atoms. The quantitative estimate of drug-likeness (QED) is 0.546. The van der Waals surface area contributed by atoms with Crippen molar-refractivity contribution in [3.05, 3.63) is 65.4 Å². The summed E-state index contributed by atoms with van der Waals surface area (Å²) in [5, 5.41) is 12.6. The zero-order valence-electron chi connectivity index (χ0n) is 16.8. The lowest BCUT2D eigenvalue weighted by atomic mass is 9.97. The first-order valence-corrected chi connectivity index (χ1v) is 9.63. The average Bonchev–Trinajstić information content (AvgIpc) is 3.43. The molecule has 1 atom stereocenters. The van der Waals surface area contributed by atoms with E-state index in [9.17, 15) is 9.18 Å². The van der Waals surface area contributed by atoms with Crippen LogP contribution in [0.1, 0.15) is 60.5 Å². The Bertz CT molecular complexity index is 1250. The van der Waals surface area contributed by atoms with Crippen molar-refractivity contribution in [2.75, 3.05) is 6.54 Å². The highest BCUT2D eigenvalue weighted by Gasteiger charge is 2.38. The predicted octanol–water partition coefficient (Wildman–Crippen LogP) is 2.66. The lowest BCUT2D eigenvalue weighted by Gasteiger charge is -2.32. The van der Waals surface area contributed by atoms with Crippen LogP contribution in [-0.2, 0) is 11.8 Å². The number of imidazole rings is 1. The number of amides is 1. The van der Waals surface area contributed by atoms with E-state index < -0.39 is 6.04 Å². The molecule has 30 heavy (non-hydrogen) atoms. The molecule has 0 bridgehead atoms. The summed E-state index contributed by atoms with van der Waals surface area (Å²) in [6.07, 6.45) is 3.76. The molecule has 1 aliphatic heterocycles. The van der Waals surface area contributed by atoms with Crippen LogP contribution in [0.3, 0.4) is 0 Å². The number of carbonyl (C=O) groups is 1. The number of nitrogens with zero attached hydrogens (tertiary/aromatic N) is 6. The van der Waals surface area contributed by atoms with Gasteiger partial charge in [-0.2, -0.15) is 5.10 Å². The third-order valence-electron chi connectivity index (χ3n) is 5.16. The summed E-state index contributed by atoms with van der Waals surface area (Å²) in [7, 11) is 0. The fraction of sp³-hybridized carbons (Fsp3) is 0.350. The van der Waals surface area contributed by atoms with Crippen molar-refractivity contribution in [3.63, 3.8) is 0 Å². The van der Waals surface area contributed by atoms with Gasteiger partial charge in [0.2, 0.25) is 5.89 Å². The van der Waals surface area contributed by atoms with Gasteiger partial charge in [0.15, 0.2) is 0 Å². The molecule has 1 aliphatic rings. The second-order valence-electron chi connectivity index (χ2n) is 8.36. The van der Waals surface area contributed by atoms with E-state index in [4.69, 9.17) is 4.42 Å². The van der Waals surface area contributed by atoms with Gasteiger partial charge < -0.3 is 14.3 Å².